The lowest BCUT2D eigenvalue weighted by Crippen LogP contribution is -2.43. The lowest BCUT2D eigenvalue weighted by atomic mass is 10.2. The molecule has 6 heteroatoms. The molecule has 0 spiro atoms. The molecule has 2 rings (SSSR count). The average molecular weight is 306 g/mol. The minimum absolute atomic E-state index is 0.130. The van der Waals surface area contributed by atoms with Gasteiger partial charge >= 0.3 is 6.09 Å². The standard InChI is InChI=1S/C16H22N2O4/c1-16(2,3)22-15(21)17-13-7-8-18(14(13)20)10-11-5-4-6-12(19)9-11/h4-6,9,13,19H,7-8,10H2,1-3H3,(H,17,21). The molecule has 1 saturated heterocycles. The van der Waals surface area contributed by atoms with E-state index in [1.807, 2.05) is 6.07 Å². The zero-order chi connectivity index (χ0) is 16.3. The van der Waals surface area contributed by atoms with E-state index in [1.165, 1.54) is 0 Å². The average Bonchev–Trinajstić information content (AvgIpc) is 2.69. The number of nitrogens with zero attached hydrogens (tertiary/aromatic N) is 1. The van der Waals surface area contributed by atoms with Gasteiger partial charge in [-0.1, -0.05) is 12.1 Å². The number of aromatic hydroxyl groups is 1. The number of phenolic OH excluding ortho intramolecular Hbond substituents is 1. The van der Waals surface area contributed by atoms with Crippen LogP contribution >= 0.6 is 0 Å². The van der Waals surface area contributed by atoms with Gasteiger partial charge < -0.3 is 20.1 Å². The summed E-state index contributed by atoms with van der Waals surface area (Å²) < 4.78 is 5.16. The Labute approximate surface area is 130 Å². The SMILES string of the molecule is CC(C)(C)OC(=O)NC1CCN(Cc2cccc(O)c2)C1=O. The molecule has 1 aromatic carbocycles. The van der Waals surface area contributed by atoms with Crippen LogP contribution in [-0.4, -0.2) is 40.2 Å². The van der Waals surface area contributed by atoms with Crippen LogP contribution in [0.2, 0.25) is 0 Å². The fourth-order valence-corrected chi connectivity index (χ4v) is 2.35. The molecule has 22 heavy (non-hydrogen) atoms. The third-order valence-corrected chi connectivity index (χ3v) is 3.27. The zero-order valence-corrected chi connectivity index (χ0v) is 13.1. The number of nitrogens with one attached hydrogen (secondary N) is 1. The van der Waals surface area contributed by atoms with Crippen LogP contribution in [0.15, 0.2) is 24.3 Å². The lowest BCUT2D eigenvalue weighted by Gasteiger charge is -2.21. The lowest BCUT2D eigenvalue weighted by molar-refractivity contribution is -0.129. The topological polar surface area (TPSA) is 78.9 Å². The van der Waals surface area contributed by atoms with Crippen molar-refractivity contribution in [2.45, 2.75) is 45.4 Å². The molecule has 1 atom stereocenters. The quantitative estimate of drug-likeness (QED) is 0.895. The van der Waals surface area contributed by atoms with E-state index in [9.17, 15) is 14.7 Å². The summed E-state index contributed by atoms with van der Waals surface area (Å²) in [5.74, 6) is 0.0433. The van der Waals surface area contributed by atoms with Gasteiger partial charge in [0, 0.05) is 13.1 Å². The first-order valence-corrected chi connectivity index (χ1v) is 7.31. The molecule has 2 amide bonds. The van der Waals surface area contributed by atoms with Crippen molar-refractivity contribution in [3.8, 4) is 5.75 Å². The van der Waals surface area contributed by atoms with E-state index in [2.05, 4.69) is 5.32 Å². The fourth-order valence-electron chi connectivity index (χ4n) is 2.35. The Kier molecular flexibility index (Phi) is 4.59. The summed E-state index contributed by atoms with van der Waals surface area (Å²) in [6.45, 7) is 6.31. The van der Waals surface area contributed by atoms with E-state index in [0.717, 1.165) is 5.56 Å². The van der Waals surface area contributed by atoms with Crippen molar-refractivity contribution in [1.29, 1.82) is 0 Å². The second kappa shape index (κ2) is 6.25. The summed E-state index contributed by atoms with van der Waals surface area (Å²) in [4.78, 5) is 25.7. The number of carbonyl (C=O) groups is 2. The van der Waals surface area contributed by atoms with Crippen molar-refractivity contribution < 1.29 is 19.4 Å². The van der Waals surface area contributed by atoms with Gasteiger partial charge in [-0.25, -0.2) is 4.79 Å². The molecular weight excluding hydrogens is 284 g/mol. The molecule has 0 saturated carbocycles. The number of ether oxygens (including phenoxy) is 1. The number of carbonyl (C=O) groups excluding carboxylic acids is 2. The molecule has 1 aliphatic rings. The third kappa shape index (κ3) is 4.38. The van der Waals surface area contributed by atoms with Crippen LogP contribution in [0.1, 0.15) is 32.8 Å². The van der Waals surface area contributed by atoms with E-state index < -0.39 is 17.7 Å². The van der Waals surface area contributed by atoms with Crippen LogP contribution in [0, 0.1) is 0 Å². The summed E-state index contributed by atoms with van der Waals surface area (Å²) in [6, 6.07) is 6.25. The van der Waals surface area contributed by atoms with Gasteiger partial charge in [0.2, 0.25) is 5.91 Å². The molecule has 0 radical (unpaired) electrons. The number of hydrogen-bond acceptors (Lipinski definition) is 4. The highest BCUT2D eigenvalue weighted by atomic mass is 16.6. The van der Waals surface area contributed by atoms with Crippen LogP contribution in [0.25, 0.3) is 0 Å². The first-order chi connectivity index (χ1) is 10.2. The van der Waals surface area contributed by atoms with Gasteiger partial charge in [-0.2, -0.15) is 0 Å². The molecule has 1 unspecified atom stereocenters. The van der Waals surface area contributed by atoms with Gasteiger partial charge in [-0.15, -0.1) is 0 Å². The van der Waals surface area contributed by atoms with Gasteiger partial charge in [0.25, 0.3) is 0 Å². The van der Waals surface area contributed by atoms with E-state index in [4.69, 9.17) is 4.74 Å². The number of rotatable bonds is 3. The van der Waals surface area contributed by atoms with Crippen LogP contribution in [0.5, 0.6) is 5.75 Å². The first kappa shape index (κ1) is 16.1. The normalized spacial score (nSPS) is 18.4. The fraction of sp³-hybridized carbons (Fsp3) is 0.500. The van der Waals surface area contributed by atoms with Gasteiger partial charge in [-0.3, -0.25) is 4.79 Å². The highest BCUT2D eigenvalue weighted by molar-refractivity contribution is 5.87. The second-order valence-corrected chi connectivity index (χ2v) is 6.42. The molecule has 6 nitrogen and oxygen atoms in total. The van der Waals surface area contributed by atoms with Crippen LogP contribution in [0.4, 0.5) is 4.79 Å². The number of benzene rings is 1. The van der Waals surface area contributed by atoms with Crippen LogP contribution in [0.3, 0.4) is 0 Å². The number of alkyl carbamates (subject to hydrolysis) is 1. The molecule has 0 bridgehead atoms. The Hall–Kier alpha value is -2.24. The van der Waals surface area contributed by atoms with Gasteiger partial charge in [0.05, 0.1) is 0 Å². The number of amides is 2. The van der Waals surface area contributed by atoms with Gasteiger partial charge in [-0.05, 0) is 44.9 Å². The van der Waals surface area contributed by atoms with Crippen molar-refractivity contribution >= 4 is 12.0 Å². The minimum Gasteiger partial charge on any atom is -0.508 e. The van der Waals surface area contributed by atoms with E-state index >= 15 is 0 Å². The largest absolute Gasteiger partial charge is 0.508 e. The van der Waals surface area contributed by atoms with Crippen molar-refractivity contribution in [2.75, 3.05) is 6.54 Å². The summed E-state index contributed by atoms with van der Waals surface area (Å²) in [7, 11) is 0. The number of phenols is 1. The van der Waals surface area contributed by atoms with Crippen molar-refractivity contribution in [3.05, 3.63) is 29.8 Å². The Balaban J connectivity index is 1.91. The monoisotopic (exact) mass is 306 g/mol. The molecule has 0 aromatic heterocycles. The Morgan fingerprint density at radius 3 is 2.82 bits per heavy atom. The first-order valence-electron chi connectivity index (χ1n) is 7.31. The number of likely N-dealkylation sites (tertiary alicyclic amines) is 1. The second-order valence-electron chi connectivity index (χ2n) is 6.42. The van der Waals surface area contributed by atoms with E-state index in [1.54, 1.807) is 43.9 Å². The van der Waals surface area contributed by atoms with E-state index in [0.29, 0.717) is 19.5 Å². The maximum Gasteiger partial charge on any atom is 0.408 e. The molecule has 0 aliphatic carbocycles. The predicted molar refractivity (Wildman–Crippen MR) is 81.3 cm³/mol. The van der Waals surface area contributed by atoms with Crippen LogP contribution in [-0.2, 0) is 16.1 Å². The maximum atomic E-state index is 12.3. The number of hydrogen-bond donors (Lipinski definition) is 2. The van der Waals surface area contributed by atoms with Gasteiger partial charge in [0.15, 0.2) is 0 Å². The molecule has 120 valence electrons. The summed E-state index contributed by atoms with van der Waals surface area (Å²) in [5, 5.41) is 12.1. The molecule has 1 aliphatic heterocycles. The summed E-state index contributed by atoms with van der Waals surface area (Å²) in [5.41, 5.74) is 0.263. The molecular formula is C16H22N2O4. The van der Waals surface area contributed by atoms with Gasteiger partial charge in [0.1, 0.15) is 17.4 Å². The minimum atomic E-state index is -0.590. The Morgan fingerprint density at radius 1 is 1.45 bits per heavy atom. The Morgan fingerprint density at radius 2 is 2.18 bits per heavy atom. The molecule has 1 fully saturated rings. The molecule has 1 aromatic rings. The maximum absolute atomic E-state index is 12.3. The third-order valence-electron chi connectivity index (χ3n) is 3.27. The van der Waals surface area contributed by atoms with Crippen LogP contribution < -0.4 is 5.32 Å². The summed E-state index contributed by atoms with van der Waals surface area (Å²) >= 11 is 0. The predicted octanol–water partition coefficient (Wildman–Crippen LogP) is 2.02. The highest BCUT2D eigenvalue weighted by Crippen LogP contribution is 2.18. The molecule has 1 heterocycles. The highest BCUT2D eigenvalue weighted by Gasteiger charge is 2.33. The Bertz CT molecular complexity index is 566. The van der Waals surface area contributed by atoms with Crippen molar-refractivity contribution in [1.82, 2.24) is 10.2 Å². The summed E-state index contributed by atoms with van der Waals surface area (Å²) in [6.07, 6.45) is -0.0262. The van der Waals surface area contributed by atoms with E-state index in [-0.39, 0.29) is 11.7 Å². The smallest absolute Gasteiger partial charge is 0.408 e. The van der Waals surface area contributed by atoms with Crippen molar-refractivity contribution in [2.24, 2.45) is 0 Å². The zero-order valence-electron chi connectivity index (χ0n) is 13.1. The van der Waals surface area contributed by atoms with Crippen molar-refractivity contribution in [3.63, 3.8) is 0 Å². The molecule has 2 N–H and O–H groups in total.